The van der Waals surface area contributed by atoms with Gasteiger partial charge in [0.2, 0.25) is 0 Å². The fourth-order valence-corrected chi connectivity index (χ4v) is 1.25. The maximum absolute atomic E-state index is 11.9. The molecule has 0 aromatic heterocycles. The van der Waals surface area contributed by atoms with E-state index in [2.05, 4.69) is 0 Å². The zero-order chi connectivity index (χ0) is 9.90. The Balaban J connectivity index is 2.60. The molecule has 0 nitrogen and oxygen atoms in total. The minimum absolute atomic E-state index is 0.0246. The topological polar surface area (TPSA) is 0 Å². The smallest absolute Gasteiger partial charge is 0.449 e. The first-order valence-electron chi connectivity index (χ1n) is 3.93. The molecule has 0 saturated heterocycles. The van der Waals surface area contributed by atoms with Crippen LogP contribution in [-0.4, -0.2) is 6.98 Å². The van der Waals surface area contributed by atoms with Gasteiger partial charge in [-0.25, -0.2) is 0 Å². The van der Waals surface area contributed by atoms with Crippen LogP contribution in [0.3, 0.4) is 0 Å². The van der Waals surface area contributed by atoms with E-state index in [-0.39, 0.29) is 6.42 Å². The summed E-state index contributed by atoms with van der Waals surface area (Å²) < 4.78 is 35.7. The van der Waals surface area contributed by atoms with Crippen molar-refractivity contribution in [3.8, 4) is 0 Å². The van der Waals surface area contributed by atoms with Crippen molar-refractivity contribution in [3.63, 3.8) is 0 Å². The minimum Gasteiger partial charge on any atom is -0.449 e. The maximum Gasteiger partial charge on any atom is 0.478 e. The van der Waals surface area contributed by atoms with E-state index < -0.39 is 13.3 Å². The quantitative estimate of drug-likeness (QED) is 0.663. The fourth-order valence-electron chi connectivity index (χ4n) is 1.02. The Morgan fingerprint density at radius 1 is 1.15 bits per heavy atom. The van der Waals surface area contributed by atoms with Crippen LogP contribution < -0.4 is 0 Å². The van der Waals surface area contributed by atoms with Crippen LogP contribution in [0, 0.1) is 0 Å². The number of rotatable bonds is 3. The van der Waals surface area contributed by atoms with Crippen LogP contribution in [0.15, 0.2) is 24.3 Å². The summed E-state index contributed by atoms with van der Waals surface area (Å²) >= 11 is 5.69. The lowest BCUT2D eigenvalue weighted by Gasteiger charge is -2.13. The van der Waals surface area contributed by atoms with Crippen molar-refractivity contribution >= 4 is 18.6 Å². The van der Waals surface area contributed by atoms with Gasteiger partial charge in [0.15, 0.2) is 0 Å². The van der Waals surface area contributed by atoms with Gasteiger partial charge in [-0.1, -0.05) is 42.5 Å². The van der Waals surface area contributed by atoms with Crippen molar-refractivity contribution in [2.75, 3.05) is 0 Å². The third-order valence-corrected chi connectivity index (χ3v) is 2.07. The summed E-state index contributed by atoms with van der Waals surface area (Å²) in [5, 5.41) is 0.405. The highest BCUT2D eigenvalue weighted by Crippen LogP contribution is 2.22. The molecule has 72 valence electrons. The van der Waals surface area contributed by atoms with Gasteiger partial charge < -0.3 is 12.9 Å². The largest absolute Gasteiger partial charge is 0.478 e. The standard InChI is InChI=1S/C8H8BClF3/c10-8-4-2-1-3-7(8)5-6-9(11,12)13/h1-4H,5-6H2/q-1. The fraction of sp³-hybridized carbons (Fsp3) is 0.250. The van der Waals surface area contributed by atoms with Crippen molar-refractivity contribution in [2.45, 2.75) is 12.7 Å². The van der Waals surface area contributed by atoms with E-state index in [4.69, 9.17) is 11.6 Å². The summed E-state index contributed by atoms with van der Waals surface area (Å²) in [6.45, 7) is -4.70. The second-order valence-electron chi connectivity index (χ2n) is 2.84. The van der Waals surface area contributed by atoms with Gasteiger partial charge in [-0.15, -0.1) is 0 Å². The molecule has 0 spiro atoms. The van der Waals surface area contributed by atoms with Gasteiger partial charge in [0.25, 0.3) is 0 Å². The molecule has 1 aromatic rings. The molecule has 1 rings (SSSR count). The van der Waals surface area contributed by atoms with Crippen molar-refractivity contribution in [1.82, 2.24) is 0 Å². The molecule has 0 amide bonds. The highest BCUT2D eigenvalue weighted by Gasteiger charge is 2.22. The van der Waals surface area contributed by atoms with Crippen molar-refractivity contribution in [2.24, 2.45) is 0 Å². The molecule has 0 bridgehead atoms. The molecule has 0 N–H and O–H groups in total. The van der Waals surface area contributed by atoms with Crippen molar-refractivity contribution in [1.29, 1.82) is 0 Å². The Morgan fingerprint density at radius 3 is 2.31 bits per heavy atom. The predicted octanol–water partition coefficient (Wildman–Crippen LogP) is 3.73. The van der Waals surface area contributed by atoms with Crippen LogP contribution in [0.4, 0.5) is 12.9 Å². The second kappa shape index (κ2) is 4.05. The first kappa shape index (κ1) is 10.4. The third kappa shape index (κ3) is 3.72. The van der Waals surface area contributed by atoms with Gasteiger partial charge in [0, 0.05) is 5.02 Å². The summed E-state index contributed by atoms with van der Waals surface area (Å²) in [4.78, 5) is 0. The number of benzene rings is 1. The van der Waals surface area contributed by atoms with Crippen LogP contribution in [0.5, 0.6) is 0 Å². The molecule has 0 aliphatic heterocycles. The summed E-state index contributed by atoms with van der Waals surface area (Å²) in [7, 11) is 0. The average molecular weight is 207 g/mol. The Morgan fingerprint density at radius 2 is 1.77 bits per heavy atom. The van der Waals surface area contributed by atoms with Crippen molar-refractivity contribution < 1.29 is 12.9 Å². The monoisotopic (exact) mass is 207 g/mol. The Labute approximate surface area is 79.8 Å². The lowest BCUT2D eigenvalue weighted by molar-refractivity contribution is 0.468. The van der Waals surface area contributed by atoms with E-state index in [0.717, 1.165) is 0 Å². The first-order chi connectivity index (χ1) is 5.99. The van der Waals surface area contributed by atoms with Gasteiger partial charge in [-0.3, -0.25) is 0 Å². The SMILES string of the molecule is F[B-](F)(F)CCc1ccccc1Cl. The number of halogens is 4. The van der Waals surface area contributed by atoms with E-state index in [1.807, 2.05) is 0 Å². The first-order valence-corrected chi connectivity index (χ1v) is 4.31. The molecule has 0 saturated carbocycles. The summed E-state index contributed by atoms with van der Waals surface area (Å²) in [6.07, 6.45) is -0.785. The summed E-state index contributed by atoms with van der Waals surface area (Å²) in [5.41, 5.74) is 0.559. The molecule has 0 heterocycles. The molecule has 0 aliphatic carbocycles. The van der Waals surface area contributed by atoms with Crippen molar-refractivity contribution in [3.05, 3.63) is 34.9 Å². The van der Waals surface area contributed by atoms with E-state index in [9.17, 15) is 12.9 Å². The molecule has 0 aliphatic rings. The molecular weight excluding hydrogens is 199 g/mol. The van der Waals surface area contributed by atoms with E-state index in [1.54, 1.807) is 24.3 Å². The van der Waals surface area contributed by atoms with Crippen LogP contribution in [0.25, 0.3) is 0 Å². The molecule has 5 heteroatoms. The zero-order valence-corrected chi connectivity index (χ0v) is 7.57. The lowest BCUT2D eigenvalue weighted by atomic mass is 9.82. The molecular formula is C8H8BClF3-. The highest BCUT2D eigenvalue weighted by molar-refractivity contribution is 6.58. The van der Waals surface area contributed by atoms with Gasteiger partial charge >= 0.3 is 6.98 Å². The minimum atomic E-state index is -4.70. The second-order valence-corrected chi connectivity index (χ2v) is 3.25. The van der Waals surface area contributed by atoms with Gasteiger partial charge in [-0.2, -0.15) is 0 Å². The van der Waals surface area contributed by atoms with E-state index in [0.29, 0.717) is 10.6 Å². The molecule has 0 radical (unpaired) electrons. The molecule has 1 aromatic carbocycles. The van der Waals surface area contributed by atoms with E-state index in [1.165, 1.54) is 0 Å². The van der Waals surface area contributed by atoms with Gasteiger partial charge in [0.05, 0.1) is 0 Å². The maximum atomic E-state index is 11.9. The van der Waals surface area contributed by atoms with E-state index >= 15 is 0 Å². The average Bonchev–Trinajstić information content (AvgIpc) is 2.01. The third-order valence-electron chi connectivity index (χ3n) is 1.70. The summed E-state index contributed by atoms with van der Waals surface area (Å²) in [5.74, 6) is 0. The van der Waals surface area contributed by atoms with Crippen LogP contribution >= 0.6 is 11.6 Å². The molecule has 0 unspecified atom stereocenters. The Bertz CT molecular complexity index is 285. The van der Waals surface area contributed by atoms with Crippen LogP contribution in [0.1, 0.15) is 5.56 Å². The number of hydrogen-bond donors (Lipinski definition) is 0. The van der Waals surface area contributed by atoms with Crippen LogP contribution in [-0.2, 0) is 6.42 Å². The Hall–Kier alpha value is -0.635. The normalized spacial score (nSPS) is 11.7. The highest BCUT2D eigenvalue weighted by atomic mass is 35.5. The molecule has 0 fully saturated rings. The number of hydrogen-bond acceptors (Lipinski definition) is 0. The van der Waals surface area contributed by atoms with Gasteiger partial charge in [0.1, 0.15) is 0 Å². The van der Waals surface area contributed by atoms with Crippen LogP contribution in [0.2, 0.25) is 11.3 Å². The predicted molar refractivity (Wildman–Crippen MR) is 49.0 cm³/mol. The Kier molecular flexibility index (Phi) is 3.25. The lowest BCUT2D eigenvalue weighted by Crippen LogP contribution is -2.15. The zero-order valence-electron chi connectivity index (χ0n) is 6.81. The summed E-state index contributed by atoms with van der Waals surface area (Å²) in [6, 6.07) is 6.60. The molecule has 13 heavy (non-hydrogen) atoms. The van der Waals surface area contributed by atoms with Gasteiger partial charge in [-0.05, 0) is 11.6 Å². The molecule has 0 atom stereocenters. The number of aryl methyl sites for hydroxylation is 1.